The van der Waals surface area contributed by atoms with Crippen LogP contribution in [0.5, 0.6) is 0 Å². The first kappa shape index (κ1) is 10.5. The molecule has 1 aromatic carbocycles. The fraction of sp³-hybridized carbons (Fsp3) is 0.273. The Hall–Kier alpha value is -2.04. The van der Waals surface area contributed by atoms with Crippen LogP contribution in [0.25, 0.3) is 10.9 Å². The Morgan fingerprint density at radius 1 is 1.38 bits per heavy atom. The van der Waals surface area contributed by atoms with Gasteiger partial charge >= 0.3 is 5.97 Å². The van der Waals surface area contributed by atoms with Gasteiger partial charge in [-0.25, -0.2) is 4.68 Å². The third kappa shape index (κ3) is 1.60. The van der Waals surface area contributed by atoms with Crippen LogP contribution in [0.4, 0.5) is 0 Å². The van der Waals surface area contributed by atoms with Crippen LogP contribution in [0.15, 0.2) is 29.1 Å². The number of rotatable bonds is 2. The topological polar surface area (TPSA) is 53.2 Å². The first-order valence-electron chi connectivity index (χ1n) is 4.89. The molecular formula is C11H12N2O3. The summed E-state index contributed by atoms with van der Waals surface area (Å²) < 4.78 is 7.88. The molecule has 0 amide bonds. The normalized spacial score (nSPS) is 10.6. The third-order valence-electron chi connectivity index (χ3n) is 2.47. The van der Waals surface area contributed by atoms with Gasteiger partial charge in [0.1, 0.15) is 0 Å². The Bertz CT molecular complexity index is 595. The Labute approximate surface area is 91.8 Å². The van der Waals surface area contributed by atoms with Crippen molar-refractivity contribution in [2.45, 2.75) is 13.7 Å². The van der Waals surface area contributed by atoms with E-state index in [9.17, 15) is 9.59 Å². The Balaban J connectivity index is 2.53. The van der Waals surface area contributed by atoms with Gasteiger partial charge in [0.25, 0.3) is 5.56 Å². The molecule has 0 unspecified atom stereocenters. The minimum absolute atomic E-state index is 0.0562. The monoisotopic (exact) mass is 220 g/mol. The van der Waals surface area contributed by atoms with Crippen molar-refractivity contribution < 1.29 is 9.53 Å². The number of carbonyl (C=O) groups is 1. The molecule has 0 saturated carbocycles. The number of benzene rings is 1. The summed E-state index contributed by atoms with van der Waals surface area (Å²) in [7, 11) is 1.76. The highest BCUT2D eigenvalue weighted by Gasteiger charge is 2.09. The number of aryl methyl sites for hydroxylation is 1. The van der Waals surface area contributed by atoms with Crippen LogP contribution in [-0.4, -0.2) is 15.3 Å². The van der Waals surface area contributed by atoms with Crippen LogP contribution in [0.2, 0.25) is 0 Å². The number of fused-ring (bicyclic) bond motifs is 1. The van der Waals surface area contributed by atoms with Crippen molar-refractivity contribution in [2.75, 3.05) is 0 Å². The van der Waals surface area contributed by atoms with Crippen molar-refractivity contribution in [1.82, 2.24) is 9.36 Å². The van der Waals surface area contributed by atoms with Gasteiger partial charge in [0, 0.05) is 14.0 Å². The summed E-state index contributed by atoms with van der Waals surface area (Å²) in [4.78, 5) is 22.6. The standard InChI is InChI=1S/C11H12N2O3/c1-8(14)16-7-13-11(15)9-5-3-4-6-10(9)12(13)2/h3-6H,7H2,1-2H3. The van der Waals surface area contributed by atoms with E-state index >= 15 is 0 Å². The maximum Gasteiger partial charge on any atom is 0.304 e. The second-order valence-electron chi connectivity index (χ2n) is 3.51. The fourth-order valence-electron chi connectivity index (χ4n) is 1.64. The molecular weight excluding hydrogens is 208 g/mol. The van der Waals surface area contributed by atoms with E-state index in [1.807, 2.05) is 12.1 Å². The molecule has 0 radical (unpaired) electrons. The summed E-state index contributed by atoms with van der Waals surface area (Å²) in [5.74, 6) is -0.405. The summed E-state index contributed by atoms with van der Waals surface area (Å²) in [6, 6.07) is 7.26. The molecule has 16 heavy (non-hydrogen) atoms. The number of nitrogens with zero attached hydrogens (tertiary/aromatic N) is 2. The molecule has 1 heterocycles. The number of aromatic nitrogens is 2. The van der Waals surface area contributed by atoms with E-state index < -0.39 is 5.97 Å². The van der Waals surface area contributed by atoms with Crippen LogP contribution in [0.1, 0.15) is 6.92 Å². The fourth-order valence-corrected chi connectivity index (χ4v) is 1.64. The zero-order valence-corrected chi connectivity index (χ0v) is 9.14. The number of carbonyl (C=O) groups excluding carboxylic acids is 1. The summed E-state index contributed by atoms with van der Waals surface area (Å²) in [6.07, 6.45) is 0. The molecule has 0 aliphatic heterocycles. The van der Waals surface area contributed by atoms with Crippen LogP contribution in [-0.2, 0) is 23.3 Å². The third-order valence-corrected chi connectivity index (χ3v) is 2.47. The highest BCUT2D eigenvalue weighted by molar-refractivity contribution is 5.78. The van der Waals surface area contributed by atoms with Gasteiger partial charge in [-0.2, -0.15) is 0 Å². The first-order valence-corrected chi connectivity index (χ1v) is 4.89. The van der Waals surface area contributed by atoms with E-state index in [0.717, 1.165) is 5.52 Å². The molecule has 0 atom stereocenters. The number of esters is 1. The molecule has 2 rings (SSSR count). The van der Waals surface area contributed by atoms with Crippen molar-refractivity contribution in [3.05, 3.63) is 34.6 Å². The Kier molecular flexibility index (Phi) is 2.52. The van der Waals surface area contributed by atoms with Crippen molar-refractivity contribution >= 4 is 16.9 Å². The van der Waals surface area contributed by atoms with Crippen LogP contribution >= 0.6 is 0 Å². The molecule has 2 aromatic rings. The first-order chi connectivity index (χ1) is 7.61. The lowest BCUT2D eigenvalue weighted by molar-refractivity contribution is -0.145. The smallest absolute Gasteiger partial charge is 0.304 e. The number of hydrogen-bond donors (Lipinski definition) is 0. The second kappa shape index (κ2) is 3.84. The maximum atomic E-state index is 11.9. The van der Waals surface area contributed by atoms with E-state index in [2.05, 4.69) is 0 Å². The minimum Gasteiger partial charge on any atom is -0.442 e. The average molecular weight is 220 g/mol. The van der Waals surface area contributed by atoms with Crippen LogP contribution in [0, 0.1) is 0 Å². The molecule has 0 aliphatic rings. The quantitative estimate of drug-likeness (QED) is 0.705. The summed E-state index contributed by atoms with van der Waals surface area (Å²) in [5, 5.41) is 0.622. The lowest BCUT2D eigenvalue weighted by Crippen LogP contribution is -2.23. The van der Waals surface area contributed by atoms with Gasteiger partial charge < -0.3 is 4.74 Å². The number of ether oxygens (including phenoxy) is 1. The molecule has 5 nitrogen and oxygen atoms in total. The van der Waals surface area contributed by atoms with Crippen LogP contribution in [0.3, 0.4) is 0 Å². The van der Waals surface area contributed by atoms with E-state index in [0.29, 0.717) is 5.39 Å². The van der Waals surface area contributed by atoms with Gasteiger partial charge in [0.15, 0.2) is 6.73 Å². The summed E-state index contributed by atoms with van der Waals surface area (Å²) in [6.45, 7) is 1.26. The maximum absolute atomic E-state index is 11.9. The highest BCUT2D eigenvalue weighted by atomic mass is 16.5. The van der Waals surface area contributed by atoms with Crippen LogP contribution < -0.4 is 5.56 Å². The predicted octanol–water partition coefficient (Wildman–Crippen LogP) is 0.861. The largest absolute Gasteiger partial charge is 0.442 e. The summed E-state index contributed by atoms with van der Waals surface area (Å²) in [5.41, 5.74) is 0.666. The van der Waals surface area contributed by atoms with Crippen molar-refractivity contribution in [2.24, 2.45) is 7.05 Å². The van der Waals surface area contributed by atoms with Gasteiger partial charge in [-0.15, -0.1) is 0 Å². The van der Waals surface area contributed by atoms with E-state index in [1.165, 1.54) is 11.6 Å². The predicted molar refractivity (Wildman–Crippen MR) is 58.9 cm³/mol. The molecule has 0 fully saturated rings. The minimum atomic E-state index is -0.405. The molecule has 0 saturated heterocycles. The molecule has 0 bridgehead atoms. The SMILES string of the molecule is CC(=O)OCn1c(=O)c2ccccc2n1C. The van der Waals surface area contributed by atoms with Crippen molar-refractivity contribution in [1.29, 1.82) is 0 Å². The van der Waals surface area contributed by atoms with Gasteiger partial charge in [-0.1, -0.05) is 12.1 Å². The zero-order chi connectivity index (χ0) is 11.7. The van der Waals surface area contributed by atoms with Crippen molar-refractivity contribution in [3.8, 4) is 0 Å². The molecule has 0 aliphatic carbocycles. The Morgan fingerprint density at radius 3 is 2.69 bits per heavy atom. The number of para-hydroxylation sites is 1. The molecule has 5 heteroatoms. The van der Waals surface area contributed by atoms with Gasteiger partial charge in [-0.3, -0.25) is 14.3 Å². The highest BCUT2D eigenvalue weighted by Crippen LogP contribution is 2.08. The van der Waals surface area contributed by atoms with Crippen molar-refractivity contribution in [3.63, 3.8) is 0 Å². The van der Waals surface area contributed by atoms with E-state index in [4.69, 9.17) is 4.74 Å². The molecule has 84 valence electrons. The Morgan fingerprint density at radius 2 is 2.06 bits per heavy atom. The van der Waals surface area contributed by atoms with E-state index in [-0.39, 0.29) is 12.3 Å². The number of hydrogen-bond acceptors (Lipinski definition) is 3. The second-order valence-corrected chi connectivity index (χ2v) is 3.51. The zero-order valence-electron chi connectivity index (χ0n) is 9.14. The van der Waals surface area contributed by atoms with Gasteiger partial charge in [-0.05, 0) is 12.1 Å². The lowest BCUT2D eigenvalue weighted by Gasteiger charge is -2.06. The molecule has 0 spiro atoms. The molecule has 0 N–H and O–H groups in total. The van der Waals surface area contributed by atoms with E-state index in [1.54, 1.807) is 23.9 Å². The average Bonchev–Trinajstić information content (AvgIpc) is 2.50. The molecule has 1 aromatic heterocycles. The lowest BCUT2D eigenvalue weighted by atomic mass is 10.2. The van der Waals surface area contributed by atoms with Gasteiger partial charge in [0.2, 0.25) is 0 Å². The van der Waals surface area contributed by atoms with Gasteiger partial charge in [0.05, 0.1) is 10.9 Å². The summed E-state index contributed by atoms with van der Waals surface area (Å²) >= 11 is 0.